The van der Waals surface area contributed by atoms with Gasteiger partial charge >= 0.3 is 6.03 Å². The predicted octanol–water partition coefficient (Wildman–Crippen LogP) is 4.04. The van der Waals surface area contributed by atoms with Crippen LogP contribution in [0.25, 0.3) is 0 Å². The van der Waals surface area contributed by atoms with Crippen molar-refractivity contribution in [3.8, 4) is 0 Å². The Bertz CT molecular complexity index is 841. The summed E-state index contributed by atoms with van der Waals surface area (Å²) in [6, 6.07) is 11.2. The number of aromatic nitrogens is 1. The van der Waals surface area contributed by atoms with E-state index in [2.05, 4.69) is 25.7 Å². The number of hydrogen-bond donors (Lipinski definition) is 1. The Labute approximate surface area is 173 Å². The standard InChI is InChI=1S/C23H32N4O2/c1-6-12-26(23(29)24-20-10-7-9-19(4)14-20)17-22(28)27(15-18(2)3)16-21-11-8-13-25(21)5/h6-11,13-14,18H,1,12,15-17H2,2-5H3,(H,24,29). The lowest BCUT2D eigenvalue weighted by molar-refractivity contribution is -0.132. The summed E-state index contributed by atoms with van der Waals surface area (Å²) in [7, 11) is 1.96. The number of urea groups is 1. The van der Waals surface area contributed by atoms with Gasteiger partial charge in [-0.2, -0.15) is 0 Å². The van der Waals surface area contributed by atoms with Crippen LogP contribution in [0.5, 0.6) is 0 Å². The van der Waals surface area contributed by atoms with Crippen LogP contribution in [0.2, 0.25) is 0 Å². The van der Waals surface area contributed by atoms with Gasteiger partial charge in [0.05, 0.1) is 6.54 Å². The van der Waals surface area contributed by atoms with Crippen molar-refractivity contribution in [3.05, 3.63) is 66.5 Å². The number of benzene rings is 1. The fourth-order valence-electron chi connectivity index (χ4n) is 3.12. The van der Waals surface area contributed by atoms with E-state index in [1.165, 1.54) is 4.90 Å². The van der Waals surface area contributed by atoms with Crippen molar-refractivity contribution in [1.82, 2.24) is 14.4 Å². The summed E-state index contributed by atoms with van der Waals surface area (Å²) in [6.45, 7) is 11.3. The van der Waals surface area contributed by atoms with Crippen LogP contribution < -0.4 is 5.32 Å². The number of nitrogens with one attached hydrogen (secondary N) is 1. The first-order valence-corrected chi connectivity index (χ1v) is 9.91. The molecule has 1 heterocycles. The second kappa shape index (κ2) is 10.5. The second-order valence-corrected chi connectivity index (χ2v) is 7.75. The van der Waals surface area contributed by atoms with Gasteiger partial charge in [-0.3, -0.25) is 4.79 Å². The third kappa shape index (κ3) is 6.82. The SMILES string of the molecule is C=CCN(CC(=O)N(Cc1cccn1C)CC(C)C)C(=O)Nc1cccc(C)c1. The van der Waals surface area contributed by atoms with Crippen molar-refractivity contribution < 1.29 is 9.59 Å². The largest absolute Gasteiger partial charge is 0.353 e. The Kier molecular flexibility index (Phi) is 8.07. The van der Waals surface area contributed by atoms with Crippen molar-refractivity contribution in [2.75, 3.05) is 25.0 Å². The van der Waals surface area contributed by atoms with E-state index in [1.807, 2.05) is 66.0 Å². The predicted molar refractivity (Wildman–Crippen MR) is 118 cm³/mol. The molecule has 3 amide bonds. The summed E-state index contributed by atoms with van der Waals surface area (Å²) in [5, 5.41) is 2.87. The molecule has 1 aromatic carbocycles. The van der Waals surface area contributed by atoms with Gasteiger partial charge in [0.25, 0.3) is 0 Å². The highest BCUT2D eigenvalue weighted by atomic mass is 16.2. The van der Waals surface area contributed by atoms with E-state index in [-0.39, 0.29) is 18.5 Å². The average Bonchev–Trinajstić information content (AvgIpc) is 3.05. The Hall–Kier alpha value is -3.02. The molecule has 6 nitrogen and oxygen atoms in total. The lowest BCUT2D eigenvalue weighted by Crippen LogP contribution is -2.45. The minimum absolute atomic E-state index is 0.000805. The van der Waals surface area contributed by atoms with Crippen LogP contribution in [0.3, 0.4) is 0 Å². The summed E-state index contributed by atoms with van der Waals surface area (Å²) >= 11 is 0. The fraction of sp³-hybridized carbons (Fsp3) is 0.391. The molecule has 0 aliphatic carbocycles. The zero-order valence-electron chi connectivity index (χ0n) is 17.9. The molecule has 156 valence electrons. The first-order valence-electron chi connectivity index (χ1n) is 9.91. The highest BCUT2D eigenvalue weighted by Crippen LogP contribution is 2.12. The minimum Gasteiger partial charge on any atom is -0.353 e. The molecule has 0 saturated carbocycles. The van der Waals surface area contributed by atoms with Crippen LogP contribution in [0, 0.1) is 12.8 Å². The first kappa shape index (κ1) is 22.3. The van der Waals surface area contributed by atoms with Crippen molar-refractivity contribution in [3.63, 3.8) is 0 Å². The van der Waals surface area contributed by atoms with Gasteiger partial charge in [-0.15, -0.1) is 6.58 Å². The van der Waals surface area contributed by atoms with Crippen molar-refractivity contribution in [1.29, 1.82) is 0 Å². The monoisotopic (exact) mass is 396 g/mol. The molecule has 0 atom stereocenters. The molecule has 29 heavy (non-hydrogen) atoms. The number of nitrogens with zero attached hydrogens (tertiary/aromatic N) is 3. The quantitative estimate of drug-likeness (QED) is 0.651. The number of amides is 3. The van der Waals surface area contributed by atoms with Crippen LogP contribution >= 0.6 is 0 Å². The average molecular weight is 397 g/mol. The summed E-state index contributed by atoms with van der Waals surface area (Å²) in [5.74, 6) is 0.245. The van der Waals surface area contributed by atoms with Gasteiger partial charge < -0.3 is 19.7 Å². The Morgan fingerprint density at radius 2 is 1.97 bits per heavy atom. The van der Waals surface area contributed by atoms with Crippen LogP contribution in [0.1, 0.15) is 25.1 Å². The zero-order chi connectivity index (χ0) is 21.4. The number of carbonyl (C=O) groups excluding carboxylic acids is 2. The van der Waals surface area contributed by atoms with Gasteiger partial charge in [0.1, 0.15) is 6.54 Å². The summed E-state index contributed by atoms with van der Waals surface area (Å²) in [6.07, 6.45) is 3.60. The number of carbonyl (C=O) groups is 2. The third-order valence-electron chi connectivity index (χ3n) is 4.57. The highest BCUT2D eigenvalue weighted by Gasteiger charge is 2.22. The number of aryl methyl sites for hydroxylation is 2. The van der Waals surface area contributed by atoms with Crippen LogP contribution in [0.15, 0.2) is 55.3 Å². The van der Waals surface area contributed by atoms with Crippen molar-refractivity contribution in [2.24, 2.45) is 13.0 Å². The molecule has 0 unspecified atom stereocenters. The molecule has 0 fully saturated rings. The molecule has 6 heteroatoms. The maximum atomic E-state index is 13.1. The van der Waals surface area contributed by atoms with E-state index in [4.69, 9.17) is 0 Å². The number of hydrogen-bond acceptors (Lipinski definition) is 2. The van der Waals surface area contributed by atoms with Crippen LogP contribution in [-0.4, -0.2) is 45.9 Å². The molecular formula is C23H32N4O2. The zero-order valence-corrected chi connectivity index (χ0v) is 17.9. The Balaban J connectivity index is 2.10. The topological polar surface area (TPSA) is 57.6 Å². The van der Waals surface area contributed by atoms with Gasteiger partial charge in [0.2, 0.25) is 5.91 Å². The minimum atomic E-state index is -0.313. The molecule has 2 rings (SSSR count). The lowest BCUT2D eigenvalue weighted by Gasteiger charge is -2.28. The fourth-order valence-corrected chi connectivity index (χ4v) is 3.12. The Morgan fingerprint density at radius 3 is 2.55 bits per heavy atom. The van der Waals surface area contributed by atoms with Crippen molar-refractivity contribution >= 4 is 17.6 Å². The molecule has 0 aliphatic rings. The van der Waals surface area contributed by atoms with E-state index >= 15 is 0 Å². The van der Waals surface area contributed by atoms with E-state index in [1.54, 1.807) is 6.08 Å². The van der Waals surface area contributed by atoms with E-state index in [0.29, 0.717) is 31.2 Å². The second-order valence-electron chi connectivity index (χ2n) is 7.75. The Morgan fingerprint density at radius 1 is 1.21 bits per heavy atom. The van der Waals surface area contributed by atoms with Gasteiger partial charge in [0, 0.05) is 37.7 Å². The molecule has 0 saturated heterocycles. The summed E-state index contributed by atoms with van der Waals surface area (Å²) < 4.78 is 2.01. The van der Waals surface area contributed by atoms with Gasteiger partial charge in [-0.1, -0.05) is 32.1 Å². The van der Waals surface area contributed by atoms with E-state index in [0.717, 1.165) is 11.3 Å². The maximum absolute atomic E-state index is 13.1. The summed E-state index contributed by atoms with van der Waals surface area (Å²) in [5.41, 5.74) is 2.82. The maximum Gasteiger partial charge on any atom is 0.322 e. The molecule has 1 aromatic heterocycles. The van der Waals surface area contributed by atoms with Gasteiger partial charge in [0.15, 0.2) is 0 Å². The molecule has 0 aliphatic heterocycles. The molecule has 2 aromatic rings. The molecule has 0 spiro atoms. The smallest absolute Gasteiger partial charge is 0.322 e. The first-order chi connectivity index (χ1) is 13.8. The van der Waals surface area contributed by atoms with Crippen LogP contribution in [0.4, 0.5) is 10.5 Å². The normalized spacial score (nSPS) is 10.7. The lowest BCUT2D eigenvalue weighted by atomic mass is 10.2. The molecule has 1 N–H and O–H groups in total. The van der Waals surface area contributed by atoms with Crippen LogP contribution in [-0.2, 0) is 18.4 Å². The molecular weight excluding hydrogens is 364 g/mol. The summed E-state index contributed by atoms with van der Waals surface area (Å²) in [4.78, 5) is 29.1. The van der Waals surface area contributed by atoms with E-state index < -0.39 is 0 Å². The number of rotatable bonds is 9. The van der Waals surface area contributed by atoms with E-state index in [9.17, 15) is 9.59 Å². The third-order valence-corrected chi connectivity index (χ3v) is 4.57. The molecule has 0 radical (unpaired) electrons. The van der Waals surface area contributed by atoms with Crippen molar-refractivity contribution in [2.45, 2.75) is 27.3 Å². The van der Waals surface area contributed by atoms with Gasteiger partial charge in [-0.25, -0.2) is 4.79 Å². The highest BCUT2D eigenvalue weighted by molar-refractivity contribution is 5.92. The molecule has 0 bridgehead atoms. The van der Waals surface area contributed by atoms with Gasteiger partial charge in [-0.05, 0) is 42.7 Å². The number of anilines is 1.